The van der Waals surface area contributed by atoms with Gasteiger partial charge in [0.2, 0.25) is 0 Å². The number of ether oxygens (including phenoxy) is 2. The van der Waals surface area contributed by atoms with Gasteiger partial charge in [0.15, 0.2) is 0 Å². The van der Waals surface area contributed by atoms with Crippen LogP contribution in [0.1, 0.15) is 0 Å². The van der Waals surface area contributed by atoms with Gasteiger partial charge in [-0.25, -0.2) is 8.42 Å². The molecule has 0 aliphatic rings. The molecule has 0 amide bonds. The maximum Gasteiger partial charge on any atom is 0.265 e. The molecule has 0 atom stereocenters. The van der Waals surface area contributed by atoms with E-state index in [2.05, 4.69) is 10.8 Å². The highest BCUT2D eigenvalue weighted by Gasteiger charge is 2.21. The predicted octanol–water partition coefficient (Wildman–Crippen LogP) is 3.97. The van der Waals surface area contributed by atoms with Gasteiger partial charge in [-0.05, 0) is 29.8 Å². The average molecular weight is 368 g/mol. The molecule has 0 spiro atoms. The molecule has 0 aliphatic heterocycles. The zero-order valence-electron chi connectivity index (χ0n) is 14.4. The largest absolute Gasteiger partial charge is 0.496 e. The Kier molecular flexibility index (Phi) is 5.14. The van der Waals surface area contributed by atoms with Gasteiger partial charge in [-0.3, -0.25) is 4.72 Å². The van der Waals surface area contributed by atoms with E-state index in [9.17, 15) is 8.42 Å². The summed E-state index contributed by atoms with van der Waals surface area (Å²) < 4.78 is 38.9. The first kappa shape index (κ1) is 17.8. The first-order chi connectivity index (χ1) is 12.5. The summed E-state index contributed by atoms with van der Waals surface area (Å²) in [5, 5.41) is 0. The van der Waals surface area contributed by atoms with Crippen LogP contribution in [-0.4, -0.2) is 22.6 Å². The van der Waals surface area contributed by atoms with Gasteiger partial charge in [0, 0.05) is 11.6 Å². The fourth-order valence-corrected chi connectivity index (χ4v) is 3.82. The van der Waals surface area contributed by atoms with Crippen molar-refractivity contribution in [1.29, 1.82) is 0 Å². The Morgan fingerprint density at radius 3 is 2.31 bits per heavy atom. The molecule has 6 heteroatoms. The molecule has 0 bridgehead atoms. The molecule has 0 saturated heterocycles. The van der Waals surface area contributed by atoms with Crippen molar-refractivity contribution in [3.05, 3.63) is 72.8 Å². The van der Waals surface area contributed by atoms with Crippen LogP contribution in [0.5, 0.6) is 11.5 Å². The number of nitrogens with one attached hydrogen (secondary N) is 1. The Morgan fingerprint density at radius 2 is 1.62 bits per heavy atom. The van der Waals surface area contributed by atoms with E-state index in [0.717, 1.165) is 5.56 Å². The second kappa shape index (κ2) is 7.49. The van der Waals surface area contributed by atoms with Crippen LogP contribution in [0.25, 0.3) is 11.1 Å². The van der Waals surface area contributed by atoms with Crippen LogP contribution in [0.4, 0.5) is 5.69 Å². The number of hydrogen-bond acceptors (Lipinski definition) is 4. The van der Waals surface area contributed by atoms with Gasteiger partial charge in [0.25, 0.3) is 10.0 Å². The molecule has 0 aliphatic carbocycles. The topological polar surface area (TPSA) is 64.6 Å². The van der Waals surface area contributed by atoms with E-state index in [1.165, 1.54) is 7.11 Å². The van der Waals surface area contributed by atoms with Crippen molar-refractivity contribution in [2.24, 2.45) is 0 Å². The molecule has 0 aromatic heterocycles. The van der Waals surface area contributed by atoms with Crippen LogP contribution < -0.4 is 14.2 Å². The van der Waals surface area contributed by atoms with Gasteiger partial charge in [-0.1, -0.05) is 42.5 Å². The van der Waals surface area contributed by atoms with Crippen molar-refractivity contribution in [1.82, 2.24) is 0 Å². The number of para-hydroxylation sites is 2. The minimum Gasteiger partial charge on any atom is -0.496 e. The molecule has 26 heavy (non-hydrogen) atoms. The van der Waals surface area contributed by atoms with Gasteiger partial charge in [0.05, 0.1) is 19.9 Å². The molecule has 133 valence electrons. The lowest BCUT2D eigenvalue weighted by Crippen LogP contribution is -2.14. The zero-order chi connectivity index (χ0) is 18.6. The normalized spacial score (nSPS) is 11.0. The number of benzene rings is 3. The highest BCUT2D eigenvalue weighted by atomic mass is 32.2. The van der Waals surface area contributed by atoms with Crippen LogP contribution in [0.2, 0.25) is 0 Å². The maximum atomic E-state index is 12.9. The molecular formula is C20H18NO4S. The monoisotopic (exact) mass is 368 g/mol. The number of methoxy groups -OCH3 is 2. The van der Waals surface area contributed by atoms with E-state index in [0.29, 0.717) is 17.0 Å². The lowest BCUT2D eigenvalue weighted by atomic mass is 10.0. The number of sulfonamides is 1. The maximum absolute atomic E-state index is 12.9. The van der Waals surface area contributed by atoms with Gasteiger partial charge in [-0.15, -0.1) is 0 Å². The van der Waals surface area contributed by atoms with E-state index in [-0.39, 0.29) is 10.6 Å². The van der Waals surface area contributed by atoms with Crippen molar-refractivity contribution in [2.45, 2.75) is 4.90 Å². The second-order valence-electron chi connectivity index (χ2n) is 5.45. The van der Waals surface area contributed by atoms with Crippen LogP contribution in [-0.2, 0) is 10.0 Å². The minimum absolute atomic E-state index is 0.0423. The predicted molar refractivity (Wildman–Crippen MR) is 101 cm³/mol. The van der Waals surface area contributed by atoms with Crippen molar-refractivity contribution >= 4 is 15.7 Å². The molecule has 0 fully saturated rings. The fourth-order valence-electron chi connectivity index (χ4n) is 2.59. The molecule has 5 nitrogen and oxygen atoms in total. The van der Waals surface area contributed by atoms with E-state index < -0.39 is 10.0 Å². The summed E-state index contributed by atoms with van der Waals surface area (Å²) in [5.74, 6) is 0.914. The SMILES string of the molecule is COc1ccccc1-c1ccc(OC)c(S(=O)(=O)Nc2[c]cccc2)c1. The molecular weight excluding hydrogens is 350 g/mol. The van der Waals surface area contributed by atoms with Gasteiger partial charge in [-0.2, -0.15) is 0 Å². The molecule has 1 radical (unpaired) electrons. The molecule has 0 saturated carbocycles. The summed E-state index contributed by atoms with van der Waals surface area (Å²) in [6, 6.07) is 22.0. The van der Waals surface area contributed by atoms with Gasteiger partial charge >= 0.3 is 0 Å². The lowest BCUT2D eigenvalue weighted by Gasteiger charge is -2.14. The molecule has 3 aromatic carbocycles. The van der Waals surface area contributed by atoms with Crippen LogP contribution in [0.15, 0.2) is 71.6 Å². The van der Waals surface area contributed by atoms with Crippen molar-refractivity contribution in [3.8, 4) is 22.6 Å². The Morgan fingerprint density at radius 1 is 0.885 bits per heavy atom. The summed E-state index contributed by atoms with van der Waals surface area (Å²) in [6.07, 6.45) is 0. The smallest absolute Gasteiger partial charge is 0.265 e. The Bertz CT molecular complexity index is 1000. The Labute approximate surface area is 153 Å². The van der Waals surface area contributed by atoms with Crippen molar-refractivity contribution < 1.29 is 17.9 Å². The highest BCUT2D eigenvalue weighted by Crippen LogP contribution is 2.35. The standard InChI is InChI=1S/C20H18NO4S/c1-24-18-11-7-6-10-17(18)15-12-13-19(25-2)20(14-15)26(22,23)21-16-8-4-3-5-9-16/h3-8,10-14,21H,1-2H3. The summed E-state index contributed by atoms with van der Waals surface area (Å²) in [4.78, 5) is 0.0423. The minimum atomic E-state index is -3.85. The Balaban J connectivity index is 2.08. The molecule has 0 unspecified atom stereocenters. The lowest BCUT2D eigenvalue weighted by molar-refractivity contribution is 0.403. The first-order valence-corrected chi connectivity index (χ1v) is 9.34. The fraction of sp³-hybridized carbons (Fsp3) is 0.100. The quantitative estimate of drug-likeness (QED) is 0.715. The second-order valence-corrected chi connectivity index (χ2v) is 7.10. The van der Waals surface area contributed by atoms with E-state index >= 15 is 0 Å². The first-order valence-electron chi connectivity index (χ1n) is 7.86. The van der Waals surface area contributed by atoms with E-state index in [4.69, 9.17) is 9.47 Å². The van der Waals surface area contributed by atoms with E-state index in [1.54, 1.807) is 49.6 Å². The number of hydrogen-bond donors (Lipinski definition) is 1. The van der Waals surface area contributed by atoms with Crippen molar-refractivity contribution in [3.63, 3.8) is 0 Å². The van der Waals surface area contributed by atoms with Gasteiger partial charge < -0.3 is 9.47 Å². The highest BCUT2D eigenvalue weighted by molar-refractivity contribution is 7.92. The van der Waals surface area contributed by atoms with E-state index in [1.807, 2.05) is 24.3 Å². The summed E-state index contributed by atoms with van der Waals surface area (Å²) in [5.41, 5.74) is 1.86. The third-order valence-electron chi connectivity index (χ3n) is 3.82. The zero-order valence-corrected chi connectivity index (χ0v) is 15.2. The molecule has 1 N–H and O–H groups in total. The number of rotatable bonds is 6. The Hall–Kier alpha value is -2.99. The van der Waals surface area contributed by atoms with Crippen molar-refractivity contribution in [2.75, 3.05) is 18.9 Å². The summed E-state index contributed by atoms with van der Waals surface area (Å²) in [7, 11) is -0.841. The van der Waals surface area contributed by atoms with Crippen LogP contribution in [0, 0.1) is 6.07 Å². The average Bonchev–Trinajstić information content (AvgIpc) is 2.68. The third-order valence-corrected chi connectivity index (χ3v) is 5.21. The summed E-state index contributed by atoms with van der Waals surface area (Å²) in [6.45, 7) is 0. The van der Waals surface area contributed by atoms with Crippen LogP contribution in [0.3, 0.4) is 0 Å². The third kappa shape index (κ3) is 3.65. The molecule has 3 rings (SSSR count). The summed E-state index contributed by atoms with van der Waals surface area (Å²) >= 11 is 0. The van der Waals surface area contributed by atoms with Crippen LogP contribution >= 0.6 is 0 Å². The number of anilines is 1. The molecule has 3 aromatic rings. The molecule has 0 heterocycles. The van der Waals surface area contributed by atoms with Gasteiger partial charge in [0.1, 0.15) is 16.4 Å².